The highest BCUT2D eigenvalue weighted by atomic mass is 16.2. The Hall–Kier alpha value is -0.570. The quantitative estimate of drug-likeness (QED) is 0.695. The van der Waals surface area contributed by atoms with Crippen molar-refractivity contribution in [1.29, 1.82) is 0 Å². The van der Waals surface area contributed by atoms with Crippen LogP contribution in [0.1, 0.15) is 79.6 Å². The van der Waals surface area contributed by atoms with Crippen LogP contribution >= 0.6 is 0 Å². The van der Waals surface area contributed by atoms with Crippen LogP contribution in [0.4, 0.5) is 0 Å². The first-order chi connectivity index (χ1) is 9.54. The maximum Gasteiger partial charge on any atom is 0.241 e. The van der Waals surface area contributed by atoms with Gasteiger partial charge in [-0.25, -0.2) is 0 Å². The molecule has 0 radical (unpaired) electrons. The summed E-state index contributed by atoms with van der Waals surface area (Å²) in [5.41, 5.74) is 0. The molecule has 0 aromatic heterocycles. The van der Waals surface area contributed by atoms with Crippen LogP contribution in [0.25, 0.3) is 0 Å². The molecule has 0 aromatic rings. The molecule has 1 aliphatic heterocycles. The van der Waals surface area contributed by atoms with Crippen molar-refractivity contribution in [2.75, 3.05) is 0 Å². The van der Waals surface area contributed by atoms with Crippen molar-refractivity contribution in [2.45, 2.75) is 97.8 Å². The van der Waals surface area contributed by atoms with Crippen LogP contribution < -0.4 is 5.32 Å². The molecule has 0 aliphatic carbocycles. The number of carbonyl (C=O) groups excluding carboxylic acids is 1. The van der Waals surface area contributed by atoms with Crippen LogP contribution in [0.5, 0.6) is 0 Å². The molecular weight excluding hydrogens is 248 g/mol. The topological polar surface area (TPSA) is 32.3 Å². The second kappa shape index (κ2) is 8.66. The van der Waals surface area contributed by atoms with Crippen LogP contribution in [-0.2, 0) is 4.79 Å². The van der Waals surface area contributed by atoms with Gasteiger partial charge in [-0.2, -0.15) is 0 Å². The second-order valence-corrected chi connectivity index (χ2v) is 6.60. The smallest absolute Gasteiger partial charge is 0.241 e. The molecular formula is C17H34N2O. The van der Waals surface area contributed by atoms with Gasteiger partial charge in [0.2, 0.25) is 5.91 Å². The SMILES string of the molecule is CCCCC(CCC)N1C(=O)C(CC(C)C)NC1CC. The van der Waals surface area contributed by atoms with Crippen molar-refractivity contribution >= 4 is 5.91 Å². The molecule has 3 unspecified atom stereocenters. The molecule has 1 heterocycles. The molecule has 3 heteroatoms. The molecule has 0 aromatic carbocycles. The monoisotopic (exact) mass is 282 g/mol. The first kappa shape index (κ1) is 17.5. The lowest BCUT2D eigenvalue weighted by Gasteiger charge is -2.32. The van der Waals surface area contributed by atoms with Gasteiger partial charge in [-0.05, 0) is 31.6 Å². The molecule has 20 heavy (non-hydrogen) atoms. The highest BCUT2D eigenvalue weighted by molar-refractivity contribution is 5.84. The van der Waals surface area contributed by atoms with Gasteiger partial charge in [0.05, 0.1) is 12.2 Å². The van der Waals surface area contributed by atoms with E-state index >= 15 is 0 Å². The highest BCUT2D eigenvalue weighted by Crippen LogP contribution is 2.25. The van der Waals surface area contributed by atoms with Crippen LogP contribution in [-0.4, -0.2) is 29.1 Å². The molecule has 1 fully saturated rings. The van der Waals surface area contributed by atoms with E-state index in [1.54, 1.807) is 0 Å². The summed E-state index contributed by atoms with van der Waals surface area (Å²) in [4.78, 5) is 14.9. The second-order valence-electron chi connectivity index (χ2n) is 6.60. The van der Waals surface area contributed by atoms with Crippen LogP contribution in [0.15, 0.2) is 0 Å². The van der Waals surface area contributed by atoms with Crippen molar-refractivity contribution in [3.8, 4) is 0 Å². The fourth-order valence-corrected chi connectivity index (χ4v) is 3.30. The van der Waals surface area contributed by atoms with Crippen LogP contribution in [0.3, 0.4) is 0 Å². The number of amides is 1. The lowest BCUT2D eigenvalue weighted by Crippen LogP contribution is -2.44. The summed E-state index contributed by atoms with van der Waals surface area (Å²) in [5.74, 6) is 0.911. The van der Waals surface area contributed by atoms with E-state index in [1.807, 2.05) is 0 Å². The highest BCUT2D eigenvalue weighted by Gasteiger charge is 2.40. The first-order valence-corrected chi connectivity index (χ1v) is 8.63. The van der Waals surface area contributed by atoms with E-state index in [2.05, 4.69) is 44.8 Å². The Bertz CT molecular complexity index is 291. The van der Waals surface area contributed by atoms with Gasteiger partial charge in [0, 0.05) is 6.04 Å². The van der Waals surface area contributed by atoms with E-state index in [9.17, 15) is 4.79 Å². The minimum atomic E-state index is 0.0425. The molecule has 118 valence electrons. The Balaban J connectivity index is 2.78. The van der Waals surface area contributed by atoms with E-state index in [1.165, 1.54) is 12.8 Å². The lowest BCUT2D eigenvalue weighted by atomic mass is 10.0. The summed E-state index contributed by atoms with van der Waals surface area (Å²) >= 11 is 0. The molecule has 1 aliphatic rings. The van der Waals surface area contributed by atoms with Gasteiger partial charge in [0.25, 0.3) is 0 Å². The molecule has 0 bridgehead atoms. The van der Waals surface area contributed by atoms with Gasteiger partial charge >= 0.3 is 0 Å². The molecule has 1 saturated heterocycles. The van der Waals surface area contributed by atoms with Crippen molar-refractivity contribution in [2.24, 2.45) is 5.92 Å². The van der Waals surface area contributed by atoms with Gasteiger partial charge in [0.15, 0.2) is 0 Å². The van der Waals surface area contributed by atoms with Gasteiger partial charge in [-0.15, -0.1) is 0 Å². The predicted molar refractivity (Wildman–Crippen MR) is 85.5 cm³/mol. The first-order valence-electron chi connectivity index (χ1n) is 8.63. The van der Waals surface area contributed by atoms with Crippen molar-refractivity contribution in [3.63, 3.8) is 0 Å². The third-order valence-electron chi connectivity index (χ3n) is 4.28. The summed E-state index contributed by atoms with van der Waals surface area (Å²) in [6, 6.07) is 0.475. The third kappa shape index (κ3) is 4.47. The molecule has 3 atom stereocenters. The number of carbonyl (C=O) groups is 1. The maximum absolute atomic E-state index is 12.8. The fraction of sp³-hybridized carbons (Fsp3) is 0.941. The van der Waals surface area contributed by atoms with Crippen LogP contribution in [0.2, 0.25) is 0 Å². The predicted octanol–water partition coefficient (Wildman–Crippen LogP) is 3.93. The van der Waals surface area contributed by atoms with E-state index in [4.69, 9.17) is 0 Å². The van der Waals surface area contributed by atoms with Gasteiger partial charge in [0.1, 0.15) is 0 Å². The normalized spacial score (nSPS) is 24.7. The van der Waals surface area contributed by atoms with E-state index in [0.29, 0.717) is 17.9 Å². The number of hydrogen-bond acceptors (Lipinski definition) is 2. The summed E-state index contributed by atoms with van der Waals surface area (Å²) < 4.78 is 0. The number of hydrogen-bond donors (Lipinski definition) is 1. The standard InChI is InChI=1S/C17H34N2O/c1-6-9-11-14(10-7-2)19-16(8-3)18-15(17(19)20)12-13(4)5/h13-16,18H,6-12H2,1-5H3. The van der Waals surface area contributed by atoms with Gasteiger partial charge in [-0.3, -0.25) is 10.1 Å². The fourth-order valence-electron chi connectivity index (χ4n) is 3.30. The summed E-state index contributed by atoms with van der Waals surface area (Å²) in [6.07, 6.45) is 8.09. The van der Waals surface area contributed by atoms with E-state index in [-0.39, 0.29) is 12.2 Å². The molecule has 0 saturated carbocycles. The van der Waals surface area contributed by atoms with E-state index < -0.39 is 0 Å². The Labute approximate surface area is 125 Å². The Kier molecular flexibility index (Phi) is 7.57. The molecule has 1 amide bonds. The number of rotatable bonds is 9. The minimum Gasteiger partial charge on any atom is -0.323 e. The van der Waals surface area contributed by atoms with Gasteiger partial charge < -0.3 is 4.90 Å². The van der Waals surface area contributed by atoms with Crippen molar-refractivity contribution in [3.05, 3.63) is 0 Å². The minimum absolute atomic E-state index is 0.0425. The Morgan fingerprint density at radius 1 is 1.15 bits per heavy atom. The number of unbranched alkanes of at least 4 members (excludes halogenated alkanes) is 1. The zero-order valence-corrected chi connectivity index (χ0v) is 14.1. The zero-order chi connectivity index (χ0) is 15.1. The third-order valence-corrected chi connectivity index (χ3v) is 4.28. The Morgan fingerprint density at radius 3 is 2.35 bits per heavy atom. The number of nitrogens with zero attached hydrogens (tertiary/aromatic N) is 1. The zero-order valence-electron chi connectivity index (χ0n) is 14.1. The van der Waals surface area contributed by atoms with E-state index in [0.717, 1.165) is 32.1 Å². The summed E-state index contributed by atoms with van der Waals surface area (Å²) in [6.45, 7) is 11.0. The molecule has 1 N–H and O–H groups in total. The maximum atomic E-state index is 12.8. The van der Waals surface area contributed by atoms with Crippen LogP contribution in [0, 0.1) is 5.92 Å². The largest absolute Gasteiger partial charge is 0.323 e. The van der Waals surface area contributed by atoms with Crippen molar-refractivity contribution in [1.82, 2.24) is 10.2 Å². The average molecular weight is 282 g/mol. The number of nitrogens with one attached hydrogen (secondary N) is 1. The van der Waals surface area contributed by atoms with Crippen molar-refractivity contribution < 1.29 is 4.79 Å². The summed E-state index contributed by atoms with van der Waals surface area (Å²) in [5, 5.41) is 3.56. The average Bonchev–Trinajstić information content (AvgIpc) is 2.71. The Morgan fingerprint density at radius 2 is 1.85 bits per heavy atom. The molecule has 3 nitrogen and oxygen atoms in total. The van der Waals surface area contributed by atoms with Gasteiger partial charge in [-0.1, -0.05) is 53.9 Å². The summed E-state index contributed by atoms with van der Waals surface area (Å²) in [7, 11) is 0. The molecule has 0 spiro atoms. The molecule has 1 rings (SSSR count). The lowest BCUT2D eigenvalue weighted by molar-refractivity contribution is -0.133.